The van der Waals surface area contributed by atoms with Crippen molar-refractivity contribution < 1.29 is 14.0 Å². The number of rotatable bonds is 3. The summed E-state index contributed by atoms with van der Waals surface area (Å²) < 4.78 is 14.4. The number of aliphatic imine (C=N–C) groups is 1. The molecule has 2 aromatic rings. The lowest BCUT2D eigenvalue weighted by molar-refractivity contribution is -0.128. The molecule has 1 fully saturated rings. The number of anilines is 1. The van der Waals surface area contributed by atoms with Gasteiger partial charge in [-0.2, -0.15) is 0 Å². The molecule has 1 aliphatic heterocycles. The number of amidine groups is 1. The van der Waals surface area contributed by atoms with Crippen molar-refractivity contribution in [3.05, 3.63) is 57.9 Å². The molecule has 0 unspecified atom stereocenters. The van der Waals surface area contributed by atoms with E-state index in [9.17, 15) is 14.0 Å². The zero-order chi connectivity index (χ0) is 18.7. The van der Waals surface area contributed by atoms with Gasteiger partial charge in [0.25, 0.3) is 0 Å². The van der Waals surface area contributed by atoms with Crippen LogP contribution in [0.3, 0.4) is 0 Å². The number of nitrogens with zero attached hydrogens (tertiary/aromatic N) is 2. The number of thioether (sulfide) groups is 1. The first kappa shape index (κ1) is 18.8. The summed E-state index contributed by atoms with van der Waals surface area (Å²) in [5.74, 6) is -0.874. The number of carbonyl (C=O) groups is 2. The summed E-state index contributed by atoms with van der Waals surface area (Å²) in [6, 6.07) is 13.2. The number of halogens is 2. The molecule has 1 heterocycles. The molecule has 0 bridgehead atoms. The number of nitrogens with one attached hydrogen (secondary N) is 1. The van der Waals surface area contributed by atoms with E-state index >= 15 is 0 Å². The van der Waals surface area contributed by atoms with Gasteiger partial charge < -0.3 is 5.32 Å². The molecule has 1 atom stereocenters. The molecule has 2 aromatic carbocycles. The van der Waals surface area contributed by atoms with E-state index in [1.54, 1.807) is 19.2 Å². The Morgan fingerprint density at radius 2 is 2.04 bits per heavy atom. The molecule has 1 N–H and O–H groups in total. The van der Waals surface area contributed by atoms with Gasteiger partial charge in [0.15, 0.2) is 5.17 Å². The molecule has 0 saturated carbocycles. The summed E-state index contributed by atoms with van der Waals surface area (Å²) in [4.78, 5) is 30.5. The molecule has 0 radical (unpaired) electrons. The average molecular weight is 483 g/mol. The lowest BCUT2D eigenvalue weighted by Crippen LogP contribution is -2.43. The Bertz CT molecular complexity index is 873. The van der Waals surface area contributed by atoms with Crippen molar-refractivity contribution in [2.24, 2.45) is 4.99 Å². The van der Waals surface area contributed by atoms with Gasteiger partial charge in [0.1, 0.15) is 11.1 Å². The Morgan fingerprint density at radius 1 is 1.31 bits per heavy atom. The van der Waals surface area contributed by atoms with Crippen molar-refractivity contribution in [1.29, 1.82) is 0 Å². The van der Waals surface area contributed by atoms with E-state index in [-0.39, 0.29) is 18.2 Å². The molecule has 1 aliphatic rings. The van der Waals surface area contributed by atoms with Crippen LogP contribution in [-0.4, -0.2) is 34.2 Å². The third-order valence-electron chi connectivity index (χ3n) is 3.71. The molecule has 0 aliphatic carbocycles. The fraction of sp³-hybridized carbons (Fsp3) is 0.167. The summed E-state index contributed by atoms with van der Waals surface area (Å²) in [5.41, 5.74) is 1.07. The Labute approximate surface area is 168 Å². The lowest BCUT2D eigenvalue weighted by atomic mass is 10.2. The normalized spacial score (nSPS) is 18.9. The molecule has 134 valence electrons. The maximum absolute atomic E-state index is 13.3. The number of carbonyl (C=O) groups excluding carboxylic acids is 2. The second-order valence-electron chi connectivity index (χ2n) is 5.63. The van der Waals surface area contributed by atoms with Crippen LogP contribution < -0.4 is 5.32 Å². The lowest BCUT2D eigenvalue weighted by Gasteiger charge is -2.28. The van der Waals surface area contributed by atoms with E-state index in [1.807, 2.05) is 24.3 Å². The largest absolute Gasteiger partial charge is 0.325 e. The van der Waals surface area contributed by atoms with Crippen molar-refractivity contribution in [3.8, 4) is 0 Å². The zero-order valence-electron chi connectivity index (χ0n) is 13.8. The second-order valence-corrected chi connectivity index (χ2v) is 8.05. The highest BCUT2D eigenvalue weighted by atomic mass is 127. The summed E-state index contributed by atoms with van der Waals surface area (Å²) >= 11 is 3.38. The third kappa shape index (κ3) is 4.61. The minimum atomic E-state index is -0.592. The van der Waals surface area contributed by atoms with Crippen molar-refractivity contribution in [2.45, 2.75) is 11.7 Å². The predicted molar refractivity (Wildman–Crippen MR) is 110 cm³/mol. The third-order valence-corrected chi connectivity index (χ3v) is 5.67. The molecule has 2 amide bonds. The van der Waals surface area contributed by atoms with Crippen LogP contribution in [0.2, 0.25) is 0 Å². The van der Waals surface area contributed by atoms with Crippen molar-refractivity contribution in [1.82, 2.24) is 4.90 Å². The molecule has 8 heteroatoms. The van der Waals surface area contributed by atoms with Crippen LogP contribution >= 0.6 is 34.4 Å². The Balaban J connectivity index is 1.77. The molecular weight excluding hydrogens is 468 g/mol. The Hall–Kier alpha value is -1.94. The van der Waals surface area contributed by atoms with Crippen LogP contribution in [0.4, 0.5) is 15.8 Å². The zero-order valence-corrected chi connectivity index (χ0v) is 16.8. The van der Waals surface area contributed by atoms with Gasteiger partial charge in [-0.05, 0) is 65.1 Å². The minimum absolute atomic E-state index is 0.0829. The maximum atomic E-state index is 13.3. The van der Waals surface area contributed by atoms with Gasteiger partial charge in [-0.25, -0.2) is 9.38 Å². The van der Waals surface area contributed by atoms with Gasteiger partial charge in [0.05, 0.1) is 5.69 Å². The molecule has 3 rings (SSSR count). The van der Waals surface area contributed by atoms with Crippen LogP contribution in [0.5, 0.6) is 0 Å². The number of hydrogen-bond donors (Lipinski definition) is 1. The summed E-state index contributed by atoms with van der Waals surface area (Å²) in [6.07, 6.45) is 0.0829. The Morgan fingerprint density at radius 3 is 2.73 bits per heavy atom. The van der Waals surface area contributed by atoms with Gasteiger partial charge in [-0.3, -0.25) is 14.5 Å². The first-order chi connectivity index (χ1) is 12.4. The van der Waals surface area contributed by atoms with Gasteiger partial charge >= 0.3 is 0 Å². The summed E-state index contributed by atoms with van der Waals surface area (Å²) in [7, 11) is 1.60. The monoisotopic (exact) mass is 483 g/mol. The highest BCUT2D eigenvalue weighted by Gasteiger charge is 2.34. The van der Waals surface area contributed by atoms with E-state index in [0.29, 0.717) is 16.5 Å². The SMILES string of the molecule is CN1C(=O)C[C@@H](C(=O)Nc2ccc(I)cc2)SC1=Nc1cccc(F)c1. The average Bonchev–Trinajstić information content (AvgIpc) is 2.60. The van der Waals surface area contributed by atoms with Crippen LogP contribution in [0.25, 0.3) is 0 Å². The molecular formula is C18H15FIN3O2S. The maximum Gasteiger partial charge on any atom is 0.238 e. The van der Waals surface area contributed by atoms with Crippen molar-refractivity contribution in [3.63, 3.8) is 0 Å². The molecule has 26 heavy (non-hydrogen) atoms. The van der Waals surface area contributed by atoms with E-state index in [4.69, 9.17) is 0 Å². The molecule has 1 saturated heterocycles. The van der Waals surface area contributed by atoms with Gasteiger partial charge in [-0.1, -0.05) is 17.8 Å². The summed E-state index contributed by atoms with van der Waals surface area (Å²) in [5, 5.41) is 2.60. The first-order valence-electron chi connectivity index (χ1n) is 7.76. The van der Waals surface area contributed by atoms with Gasteiger partial charge in [0.2, 0.25) is 11.8 Å². The van der Waals surface area contributed by atoms with Crippen LogP contribution in [0.1, 0.15) is 6.42 Å². The van der Waals surface area contributed by atoms with E-state index in [2.05, 4.69) is 32.9 Å². The van der Waals surface area contributed by atoms with Gasteiger partial charge in [0, 0.05) is 22.7 Å². The van der Waals surface area contributed by atoms with Crippen molar-refractivity contribution in [2.75, 3.05) is 12.4 Å². The predicted octanol–water partition coefficient (Wildman–Crippen LogP) is 4.02. The number of hydrogen-bond acceptors (Lipinski definition) is 4. The van der Waals surface area contributed by atoms with E-state index in [0.717, 1.165) is 3.57 Å². The highest BCUT2D eigenvalue weighted by molar-refractivity contribution is 14.1. The van der Waals surface area contributed by atoms with Crippen LogP contribution in [0, 0.1) is 9.39 Å². The minimum Gasteiger partial charge on any atom is -0.325 e. The molecule has 0 spiro atoms. The van der Waals surface area contributed by atoms with Crippen molar-refractivity contribution >= 4 is 62.7 Å². The fourth-order valence-electron chi connectivity index (χ4n) is 2.31. The summed E-state index contributed by atoms with van der Waals surface area (Å²) in [6.45, 7) is 0. The first-order valence-corrected chi connectivity index (χ1v) is 9.72. The van der Waals surface area contributed by atoms with E-state index in [1.165, 1.54) is 28.8 Å². The van der Waals surface area contributed by atoms with Gasteiger partial charge in [-0.15, -0.1) is 0 Å². The van der Waals surface area contributed by atoms with Crippen LogP contribution in [-0.2, 0) is 9.59 Å². The smallest absolute Gasteiger partial charge is 0.238 e. The van der Waals surface area contributed by atoms with Crippen LogP contribution in [0.15, 0.2) is 53.5 Å². The number of amides is 2. The number of benzene rings is 2. The highest BCUT2D eigenvalue weighted by Crippen LogP contribution is 2.29. The van der Waals surface area contributed by atoms with E-state index < -0.39 is 11.1 Å². The fourth-order valence-corrected chi connectivity index (χ4v) is 3.73. The topological polar surface area (TPSA) is 61.8 Å². The quantitative estimate of drug-likeness (QED) is 0.672. The second kappa shape index (κ2) is 8.17. The Kier molecular flexibility index (Phi) is 5.92. The molecule has 5 nitrogen and oxygen atoms in total. The molecule has 0 aromatic heterocycles. The standard InChI is InChI=1S/C18H15FIN3O2S/c1-23-16(24)10-15(17(25)21-13-7-5-12(20)6-8-13)26-18(23)22-14-4-2-3-11(19)9-14/h2-9,15H,10H2,1H3,(H,21,25)/t15-/m0/s1.